The summed E-state index contributed by atoms with van der Waals surface area (Å²) in [7, 11) is 0. The molecule has 0 spiro atoms. The molecular weight excluding hydrogens is 292 g/mol. The van der Waals surface area contributed by atoms with E-state index in [1.807, 2.05) is 11.1 Å². The first-order valence-electron chi connectivity index (χ1n) is 7.64. The Morgan fingerprint density at radius 2 is 2.22 bits per heavy atom. The van der Waals surface area contributed by atoms with Crippen LogP contribution in [0.4, 0.5) is 0 Å². The van der Waals surface area contributed by atoms with Gasteiger partial charge in [-0.05, 0) is 37.1 Å². The molecule has 1 aromatic carbocycles. The minimum Gasteiger partial charge on any atom is -0.484 e. The summed E-state index contributed by atoms with van der Waals surface area (Å²) >= 11 is 0. The average molecular weight is 310 g/mol. The van der Waals surface area contributed by atoms with Crippen molar-refractivity contribution in [1.82, 2.24) is 14.5 Å². The Morgan fingerprint density at radius 1 is 1.39 bits per heavy atom. The number of nitriles is 1. The van der Waals surface area contributed by atoms with Crippen molar-refractivity contribution in [1.29, 1.82) is 5.26 Å². The molecule has 6 nitrogen and oxygen atoms in total. The number of amides is 1. The number of carbonyl (C=O) groups excluding carboxylic acids is 1. The molecule has 1 aromatic heterocycles. The Balaban J connectivity index is 1.54. The molecule has 118 valence electrons. The van der Waals surface area contributed by atoms with E-state index in [4.69, 9.17) is 10.00 Å². The molecule has 2 aromatic rings. The van der Waals surface area contributed by atoms with Crippen LogP contribution in [-0.4, -0.2) is 40.1 Å². The third-order valence-corrected chi connectivity index (χ3v) is 4.04. The molecule has 1 saturated heterocycles. The molecule has 0 radical (unpaired) electrons. The van der Waals surface area contributed by atoms with Gasteiger partial charge < -0.3 is 14.2 Å². The van der Waals surface area contributed by atoms with Crippen LogP contribution in [-0.2, 0) is 4.79 Å². The second-order valence-corrected chi connectivity index (χ2v) is 5.57. The normalized spacial score (nSPS) is 17.5. The molecule has 23 heavy (non-hydrogen) atoms. The predicted octanol–water partition coefficient (Wildman–Crippen LogP) is 2.00. The van der Waals surface area contributed by atoms with Crippen LogP contribution in [0, 0.1) is 11.3 Å². The first-order valence-corrected chi connectivity index (χ1v) is 7.64. The smallest absolute Gasteiger partial charge is 0.260 e. The number of nitrogens with zero attached hydrogens (tertiary/aromatic N) is 4. The summed E-state index contributed by atoms with van der Waals surface area (Å²) in [4.78, 5) is 18.2. The molecule has 0 N–H and O–H groups in total. The highest BCUT2D eigenvalue weighted by molar-refractivity contribution is 5.77. The lowest BCUT2D eigenvalue weighted by molar-refractivity contribution is -0.135. The molecule has 0 bridgehead atoms. The first-order chi connectivity index (χ1) is 11.3. The molecule has 0 aliphatic carbocycles. The standard InChI is InChI=1S/C17H18N4O2/c18-10-14-3-5-16(6-4-14)23-12-17(22)20-8-1-2-15(11-20)21-9-7-19-13-21/h3-7,9,13,15H,1-2,8,11-12H2. The minimum absolute atomic E-state index is 0.0147. The molecule has 1 amide bonds. The molecule has 3 rings (SSSR count). The van der Waals surface area contributed by atoms with Gasteiger partial charge in [-0.2, -0.15) is 5.26 Å². The number of imidazole rings is 1. The van der Waals surface area contributed by atoms with Crippen molar-refractivity contribution in [3.8, 4) is 11.8 Å². The molecule has 2 heterocycles. The second kappa shape index (κ2) is 6.97. The van der Waals surface area contributed by atoms with E-state index in [0.717, 1.165) is 19.4 Å². The first kappa shape index (κ1) is 15.1. The SMILES string of the molecule is N#Cc1ccc(OCC(=O)N2CCCC(n3ccnc3)C2)cc1. The Bertz CT molecular complexity index is 688. The van der Waals surface area contributed by atoms with Gasteiger partial charge in [-0.15, -0.1) is 0 Å². The van der Waals surface area contributed by atoms with E-state index in [0.29, 0.717) is 17.9 Å². The van der Waals surface area contributed by atoms with E-state index in [-0.39, 0.29) is 18.6 Å². The fourth-order valence-electron chi connectivity index (χ4n) is 2.77. The largest absolute Gasteiger partial charge is 0.484 e. The number of benzene rings is 1. The van der Waals surface area contributed by atoms with Gasteiger partial charge in [0.2, 0.25) is 0 Å². The van der Waals surface area contributed by atoms with Gasteiger partial charge in [0.1, 0.15) is 5.75 Å². The number of aromatic nitrogens is 2. The molecule has 0 saturated carbocycles. The zero-order valence-corrected chi connectivity index (χ0v) is 12.8. The van der Waals surface area contributed by atoms with Gasteiger partial charge >= 0.3 is 0 Å². The Labute approximate surface area is 134 Å². The van der Waals surface area contributed by atoms with Crippen molar-refractivity contribution in [3.63, 3.8) is 0 Å². The topological polar surface area (TPSA) is 71.2 Å². The number of hydrogen-bond donors (Lipinski definition) is 0. The van der Waals surface area contributed by atoms with Crippen molar-refractivity contribution in [2.24, 2.45) is 0 Å². The van der Waals surface area contributed by atoms with Crippen molar-refractivity contribution in [2.75, 3.05) is 19.7 Å². The zero-order chi connectivity index (χ0) is 16.1. The number of rotatable bonds is 4. The van der Waals surface area contributed by atoms with Crippen LogP contribution < -0.4 is 4.74 Å². The van der Waals surface area contributed by atoms with E-state index in [1.54, 1.807) is 36.8 Å². The highest BCUT2D eigenvalue weighted by Crippen LogP contribution is 2.21. The van der Waals surface area contributed by atoms with E-state index < -0.39 is 0 Å². The van der Waals surface area contributed by atoms with Crippen molar-refractivity contribution < 1.29 is 9.53 Å². The number of carbonyl (C=O) groups is 1. The third-order valence-electron chi connectivity index (χ3n) is 4.04. The quantitative estimate of drug-likeness (QED) is 0.866. The summed E-state index contributed by atoms with van der Waals surface area (Å²) in [5.41, 5.74) is 0.572. The number of piperidine rings is 1. The molecule has 1 unspecified atom stereocenters. The highest BCUT2D eigenvalue weighted by atomic mass is 16.5. The summed E-state index contributed by atoms with van der Waals surface area (Å²) < 4.78 is 7.58. The number of ether oxygens (including phenoxy) is 1. The maximum absolute atomic E-state index is 12.3. The fraction of sp³-hybridized carbons (Fsp3) is 0.353. The second-order valence-electron chi connectivity index (χ2n) is 5.57. The maximum atomic E-state index is 12.3. The van der Waals surface area contributed by atoms with Crippen molar-refractivity contribution in [3.05, 3.63) is 48.5 Å². The monoisotopic (exact) mass is 310 g/mol. The highest BCUT2D eigenvalue weighted by Gasteiger charge is 2.24. The number of likely N-dealkylation sites (tertiary alicyclic amines) is 1. The van der Waals surface area contributed by atoms with Gasteiger partial charge in [0.25, 0.3) is 5.91 Å². The van der Waals surface area contributed by atoms with Crippen molar-refractivity contribution >= 4 is 5.91 Å². The van der Waals surface area contributed by atoms with Crippen LogP contribution in [0.1, 0.15) is 24.4 Å². The molecule has 1 atom stereocenters. The van der Waals surface area contributed by atoms with Crippen LogP contribution in [0.5, 0.6) is 5.75 Å². The third kappa shape index (κ3) is 3.69. The zero-order valence-electron chi connectivity index (χ0n) is 12.8. The lowest BCUT2D eigenvalue weighted by Gasteiger charge is -2.33. The fourth-order valence-corrected chi connectivity index (χ4v) is 2.77. The van der Waals surface area contributed by atoms with E-state index in [1.165, 1.54) is 0 Å². The average Bonchev–Trinajstić information content (AvgIpc) is 3.15. The van der Waals surface area contributed by atoms with Crippen LogP contribution in [0.2, 0.25) is 0 Å². The van der Waals surface area contributed by atoms with E-state index >= 15 is 0 Å². The lowest BCUT2D eigenvalue weighted by atomic mass is 10.1. The minimum atomic E-state index is -0.0147. The van der Waals surface area contributed by atoms with Gasteiger partial charge in [0.05, 0.1) is 24.0 Å². The summed E-state index contributed by atoms with van der Waals surface area (Å²) in [6, 6.07) is 9.10. The van der Waals surface area contributed by atoms with Gasteiger partial charge in [-0.25, -0.2) is 4.98 Å². The summed E-state index contributed by atoms with van der Waals surface area (Å²) in [6.07, 6.45) is 7.52. The van der Waals surface area contributed by atoms with E-state index in [9.17, 15) is 4.79 Å². The Morgan fingerprint density at radius 3 is 2.91 bits per heavy atom. The molecule has 1 fully saturated rings. The van der Waals surface area contributed by atoms with Crippen LogP contribution in [0.25, 0.3) is 0 Å². The van der Waals surface area contributed by atoms with Gasteiger partial charge in [-0.3, -0.25) is 4.79 Å². The number of hydrogen-bond acceptors (Lipinski definition) is 4. The Kier molecular flexibility index (Phi) is 4.57. The van der Waals surface area contributed by atoms with E-state index in [2.05, 4.69) is 15.6 Å². The van der Waals surface area contributed by atoms with Crippen LogP contribution in [0.15, 0.2) is 43.0 Å². The Hall–Kier alpha value is -2.81. The predicted molar refractivity (Wildman–Crippen MR) is 83.7 cm³/mol. The molecule has 6 heteroatoms. The van der Waals surface area contributed by atoms with Gasteiger partial charge in [0.15, 0.2) is 6.61 Å². The molecular formula is C17H18N4O2. The van der Waals surface area contributed by atoms with Gasteiger partial charge in [0, 0.05) is 25.5 Å². The molecule has 1 aliphatic heterocycles. The maximum Gasteiger partial charge on any atom is 0.260 e. The van der Waals surface area contributed by atoms with Crippen LogP contribution in [0.3, 0.4) is 0 Å². The summed E-state index contributed by atoms with van der Waals surface area (Å²) in [5.74, 6) is 0.583. The summed E-state index contributed by atoms with van der Waals surface area (Å²) in [6.45, 7) is 1.47. The summed E-state index contributed by atoms with van der Waals surface area (Å²) in [5, 5.41) is 8.76. The lowest BCUT2D eigenvalue weighted by Crippen LogP contribution is -2.42. The van der Waals surface area contributed by atoms with Crippen molar-refractivity contribution in [2.45, 2.75) is 18.9 Å². The van der Waals surface area contributed by atoms with Crippen LogP contribution >= 0.6 is 0 Å². The molecule has 1 aliphatic rings. The van der Waals surface area contributed by atoms with Gasteiger partial charge in [-0.1, -0.05) is 0 Å².